The molecule has 2 aromatic carbocycles. The van der Waals surface area contributed by atoms with Crippen molar-refractivity contribution in [2.24, 2.45) is 5.73 Å². The predicted octanol–water partition coefficient (Wildman–Crippen LogP) is 2.31. The third kappa shape index (κ3) is 3.66. The van der Waals surface area contributed by atoms with Gasteiger partial charge in [-0.2, -0.15) is 0 Å². The summed E-state index contributed by atoms with van der Waals surface area (Å²) in [5, 5.41) is 2.86. The lowest BCUT2D eigenvalue weighted by molar-refractivity contribution is -0.122. The zero-order valence-corrected chi connectivity index (χ0v) is 11.0. The third-order valence-corrected chi connectivity index (χ3v) is 2.99. The van der Waals surface area contributed by atoms with Crippen LogP contribution in [0.1, 0.15) is 22.7 Å². The lowest BCUT2D eigenvalue weighted by Gasteiger charge is -2.12. The van der Waals surface area contributed by atoms with Crippen LogP contribution in [0.2, 0.25) is 0 Å². The van der Waals surface area contributed by atoms with Gasteiger partial charge in [0.2, 0.25) is 5.91 Å². The summed E-state index contributed by atoms with van der Waals surface area (Å²) in [7, 11) is 0. The van der Waals surface area contributed by atoms with Crippen molar-refractivity contribution in [1.82, 2.24) is 5.32 Å². The van der Waals surface area contributed by atoms with E-state index in [0.717, 1.165) is 11.1 Å². The maximum absolute atomic E-state index is 12.0. The van der Waals surface area contributed by atoms with Crippen molar-refractivity contribution in [3.8, 4) is 0 Å². The van der Waals surface area contributed by atoms with E-state index in [-0.39, 0.29) is 5.91 Å². The highest BCUT2D eigenvalue weighted by atomic mass is 16.2. The number of benzene rings is 2. The predicted molar refractivity (Wildman–Crippen MR) is 76.4 cm³/mol. The number of carbonyl (C=O) groups is 1. The Morgan fingerprint density at radius 3 is 2.58 bits per heavy atom. The Morgan fingerprint density at radius 1 is 1.16 bits per heavy atom. The molecular weight excluding hydrogens is 236 g/mol. The molecule has 0 aliphatic rings. The standard InChI is InChI=1S/C16H18N2O/c1-12-6-5-7-13(10-12)11-18-16(19)15(17)14-8-3-2-4-9-14/h2-10,15H,11,17H2,1H3,(H,18,19). The van der Waals surface area contributed by atoms with E-state index in [1.165, 1.54) is 5.56 Å². The molecule has 0 bridgehead atoms. The minimum absolute atomic E-state index is 0.160. The van der Waals surface area contributed by atoms with E-state index >= 15 is 0 Å². The Hall–Kier alpha value is -2.13. The molecule has 1 atom stereocenters. The van der Waals surface area contributed by atoms with Gasteiger partial charge in [-0.25, -0.2) is 0 Å². The van der Waals surface area contributed by atoms with Gasteiger partial charge in [-0.05, 0) is 18.1 Å². The normalized spacial score (nSPS) is 11.9. The van der Waals surface area contributed by atoms with Crippen molar-refractivity contribution < 1.29 is 4.79 Å². The van der Waals surface area contributed by atoms with Gasteiger partial charge in [-0.1, -0.05) is 60.2 Å². The van der Waals surface area contributed by atoms with Gasteiger partial charge in [0, 0.05) is 6.54 Å². The quantitative estimate of drug-likeness (QED) is 0.879. The van der Waals surface area contributed by atoms with E-state index < -0.39 is 6.04 Å². The molecular formula is C16H18N2O. The smallest absolute Gasteiger partial charge is 0.241 e. The number of rotatable bonds is 4. The average Bonchev–Trinajstić information content (AvgIpc) is 2.45. The van der Waals surface area contributed by atoms with E-state index in [0.29, 0.717) is 6.54 Å². The van der Waals surface area contributed by atoms with Crippen LogP contribution in [-0.4, -0.2) is 5.91 Å². The zero-order chi connectivity index (χ0) is 13.7. The minimum atomic E-state index is -0.619. The monoisotopic (exact) mass is 254 g/mol. The fourth-order valence-electron chi connectivity index (χ4n) is 1.93. The van der Waals surface area contributed by atoms with Gasteiger partial charge in [-0.15, -0.1) is 0 Å². The van der Waals surface area contributed by atoms with E-state index in [9.17, 15) is 4.79 Å². The first kappa shape index (κ1) is 13.3. The Balaban J connectivity index is 1.95. The second kappa shape index (κ2) is 6.16. The molecule has 0 aliphatic heterocycles. The number of aryl methyl sites for hydroxylation is 1. The van der Waals surface area contributed by atoms with E-state index in [1.54, 1.807) is 0 Å². The van der Waals surface area contributed by atoms with Crippen molar-refractivity contribution in [1.29, 1.82) is 0 Å². The third-order valence-electron chi connectivity index (χ3n) is 2.99. The van der Waals surface area contributed by atoms with Gasteiger partial charge in [0.25, 0.3) is 0 Å². The summed E-state index contributed by atoms with van der Waals surface area (Å²) in [5.74, 6) is -0.160. The molecule has 2 aromatic rings. The molecule has 0 aliphatic carbocycles. The SMILES string of the molecule is Cc1cccc(CNC(=O)C(N)c2ccccc2)c1. The van der Waals surface area contributed by atoms with E-state index in [1.807, 2.05) is 61.5 Å². The highest BCUT2D eigenvalue weighted by molar-refractivity contribution is 5.82. The van der Waals surface area contributed by atoms with Crippen LogP contribution >= 0.6 is 0 Å². The van der Waals surface area contributed by atoms with Crippen LogP contribution in [0, 0.1) is 6.92 Å². The number of hydrogen-bond acceptors (Lipinski definition) is 2. The van der Waals surface area contributed by atoms with E-state index in [2.05, 4.69) is 5.32 Å². The van der Waals surface area contributed by atoms with Gasteiger partial charge in [0.05, 0.1) is 0 Å². The zero-order valence-electron chi connectivity index (χ0n) is 11.0. The maximum atomic E-state index is 12.0. The Bertz CT molecular complexity index is 552. The fraction of sp³-hybridized carbons (Fsp3) is 0.188. The molecule has 98 valence electrons. The molecule has 0 saturated carbocycles. The van der Waals surface area contributed by atoms with Crippen LogP contribution in [0.15, 0.2) is 54.6 Å². The Kier molecular flexibility index (Phi) is 4.31. The highest BCUT2D eigenvalue weighted by Crippen LogP contribution is 2.10. The molecule has 0 aromatic heterocycles. The molecule has 0 heterocycles. The summed E-state index contributed by atoms with van der Waals surface area (Å²) < 4.78 is 0. The van der Waals surface area contributed by atoms with Crippen LogP contribution in [0.3, 0.4) is 0 Å². The molecule has 3 N–H and O–H groups in total. The summed E-state index contributed by atoms with van der Waals surface area (Å²) in [6.07, 6.45) is 0. The Morgan fingerprint density at radius 2 is 1.89 bits per heavy atom. The van der Waals surface area contributed by atoms with Gasteiger partial charge >= 0.3 is 0 Å². The first-order valence-electron chi connectivity index (χ1n) is 6.30. The summed E-state index contributed by atoms with van der Waals surface area (Å²) in [6, 6.07) is 16.8. The minimum Gasteiger partial charge on any atom is -0.350 e. The summed E-state index contributed by atoms with van der Waals surface area (Å²) >= 11 is 0. The van der Waals surface area contributed by atoms with Crippen molar-refractivity contribution in [2.75, 3.05) is 0 Å². The van der Waals surface area contributed by atoms with Gasteiger partial charge in [-0.3, -0.25) is 4.79 Å². The van der Waals surface area contributed by atoms with Crippen LogP contribution < -0.4 is 11.1 Å². The van der Waals surface area contributed by atoms with Crippen LogP contribution in [0.25, 0.3) is 0 Å². The number of hydrogen-bond donors (Lipinski definition) is 2. The van der Waals surface area contributed by atoms with Crippen molar-refractivity contribution in [3.05, 3.63) is 71.3 Å². The number of carbonyl (C=O) groups excluding carboxylic acids is 1. The molecule has 0 fully saturated rings. The summed E-state index contributed by atoms with van der Waals surface area (Å²) in [6.45, 7) is 2.53. The molecule has 2 rings (SSSR count). The first-order chi connectivity index (χ1) is 9.16. The first-order valence-corrected chi connectivity index (χ1v) is 6.30. The molecule has 3 nitrogen and oxygen atoms in total. The van der Waals surface area contributed by atoms with E-state index in [4.69, 9.17) is 5.73 Å². The van der Waals surface area contributed by atoms with Crippen LogP contribution in [0.4, 0.5) is 0 Å². The largest absolute Gasteiger partial charge is 0.350 e. The molecule has 0 saturated heterocycles. The summed E-state index contributed by atoms with van der Waals surface area (Å²) in [4.78, 5) is 12.0. The van der Waals surface area contributed by atoms with Crippen LogP contribution in [-0.2, 0) is 11.3 Å². The number of nitrogens with one attached hydrogen (secondary N) is 1. The second-order valence-corrected chi connectivity index (χ2v) is 4.60. The fourth-order valence-corrected chi connectivity index (χ4v) is 1.93. The lowest BCUT2D eigenvalue weighted by Crippen LogP contribution is -2.33. The molecule has 1 unspecified atom stereocenters. The van der Waals surface area contributed by atoms with Crippen molar-refractivity contribution in [2.45, 2.75) is 19.5 Å². The molecule has 19 heavy (non-hydrogen) atoms. The average molecular weight is 254 g/mol. The second-order valence-electron chi connectivity index (χ2n) is 4.60. The van der Waals surface area contributed by atoms with Crippen molar-refractivity contribution in [3.63, 3.8) is 0 Å². The van der Waals surface area contributed by atoms with Crippen LogP contribution in [0.5, 0.6) is 0 Å². The molecule has 0 radical (unpaired) electrons. The topological polar surface area (TPSA) is 55.1 Å². The Labute approximate surface area is 113 Å². The van der Waals surface area contributed by atoms with Gasteiger partial charge in [0.15, 0.2) is 0 Å². The molecule has 1 amide bonds. The number of nitrogens with two attached hydrogens (primary N) is 1. The molecule has 0 spiro atoms. The maximum Gasteiger partial charge on any atom is 0.241 e. The molecule has 3 heteroatoms. The lowest BCUT2D eigenvalue weighted by atomic mass is 10.1. The van der Waals surface area contributed by atoms with Gasteiger partial charge < -0.3 is 11.1 Å². The van der Waals surface area contributed by atoms with Gasteiger partial charge in [0.1, 0.15) is 6.04 Å². The summed E-state index contributed by atoms with van der Waals surface area (Å²) in [5.41, 5.74) is 9.00. The van der Waals surface area contributed by atoms with Crippen molar-refractivity contribution >= 4 is 5.91 Å². The number of amides is 1. The highest BCUT2D eigenvalue weighted by Gasteiger charge is 2.14.